The summed E-state index contributed by atoms with van der Waals surface area (Å²) >= 11 is 0. The molecule has 3 nitrogen and oxygen atoms in total. The summed E-state index contributed by atoms with van der Waals surface area (Å²) in [6.45, 7) is 7.99. The van der Waals surface area contributed by atoms with Crippen LogP contribution in [0.2, 0.25) is 0 Å². The Hall–Kier alpha value is -0.570. The van der Waals surface area contributed by atoms with E-state index in [1.807, 2.05) is 0 Å². The van der Waals surface area contributed by atoms with Crippen LogP contribution in [0.15, 0.2) is 0 Å². The number of piperidine rings is 1. The molecule has 0 aromatic carbocycles. The number of carboxylic acid groups (broad SMARTS) is 1. The van der Waals surface area contributed by atoms with Crippen molar-refractivity contribution in [3.8, 4) is 0 Å². The Bertz CT molecular complexity index is 289. The number of nitrogens with zero attached hydrogens (tertiary/aromatic N) is 1. The number of aliphatic carboxylic acids is 1. The first-order valence-electron chi connectivity index (χ1n) is 6.91. The van der Waals surface area contributed by atoms with Crippen molar-refractivity contribution in [1.82, 2.24) is 4.90 Å². The number of hydrogen-bond donors (Lipinski definition) is 1. The van der Waals surface area contributed by atoms with E-state index in [0.717, 1.165) is 32.5 Å². The van der Waals surface area contributed by atoms with Crippen LogP contribution in [0, 0.1) is 10.8 Å². The van der Waals surface area contributed by atoms with E-state index >= 15 is 0 Å². The van der Waals surface area contributed by atoms with Crippen LogP contribution in [0.1, 0.15) is 52.4 Å². The Morgan fingerprint density at radius 3 is 2.24 bits per heavy atom. The van der Waals surface area contributed by atoms with Gasteiger partial charge in [0.25, 0.3) is 0 Å². The van der Waals surface area contributed by atoms with Crippen LogP contribution < -0.4 is 0 Å². The molecule has 1 N–H and O–H groups in total. The Balaban J connectivity index is 1.80. The van der Waals surface area contributed by atoms with Crippen LogP contribution in [-0.4, -0.2) is 35.6 Å². The molecule has 1 aliphatic carbocycles. The van der Waals surface area contributed by atoms with Crippen molar-refractivity contribution < 1.29 is 9.90 Å². The van der Waals surface area contributed by atoms with Crippen molar-refractivity contribution >= 4 is 5.97 Å². The molecule has 1 saturated carbocycles. The Morgan fingerprint density at radius 2 is 1.82 bits per heavy atom. The fourth-order valence-corrected chi connectivity index (χ4v) is 2.97. The van der Waals surface area contributed by atoms with E-state index in [2.05, 4.69) is 18.7 Å². The molecule has 98 valence electrons. The molecule has 0 unspecified atom stereocenters. The summed E-state index contributed by atoms with van der Waals surface area (Å²) < 4.78 is 0. The highest BCUT2D eigenvalue weighted by Gasteiger charge is 2.46. The topological polar surface area (TPSA) is 40.5 Å². The molecule has 0 amide bonds. The molecule has 0 atom stereocenters. The smallest absolute Gasteiger partial charge is 0.303 e. The lowest BCUT2D eigenvalue weighted by molar-refractivity contribution is -0.138. The second kappa shape index (κ2) is 4.60. The highest BCUT2D eigenvalue weighted by molar-refractivity contribution is 5.68. The average molecular weight is 239 g/mol. The molecule has 2 fully saturated rings. The molecule has 2 aliphatic rings. The monoisotopic (exact) mass is 239 g/mol. The maximum Gasteiger partial charge on any atom is 0.303 e. The zero-order valence-electron chi connectivity index (χ0n) is 11.2. The van der Waals surface area contributed by atoms with Crippen LogP contribution in [0.4, 0.5) is 0 Å². The first-order valence-corrected chi connectivity index (χ1v) is 6.91. The average Bonchev–Trinajstić information content (AvgIpc) is 3.01. The minimum Gasteiger partial charge on any atom is -0.481 e. The van der Waals surface area contributed by atoms with Crippen molar-refractivity contribution in [3.63, 3.8) is 0 Å². The normalized spacial score (nSPS) is 26.7. The van der Waals surface area contributed by atoms with Crippen LogP contribution in [-0.2, 0) is 4.79 Å². The lowest BCUT2D eigenvalue weighted by Crippen LogP contribution is -2.41. The summed E-state index contributed by atoms with van der Waals surface area (Å²) in [4.78, 5) is 13.3. The molecule has 0 spiro atoms. The third-order valence-corrected chi connectivity index (χ3v) is 4.96. The Labute approximate surface area is 104 Å². The zero-order chi connectivity index (χ0) is 12.5. The molecule has 0 aromatic heterocycles. The van der Waals surface area contributed by atoms with Gasteiger partial charge in [-0.25, -0.2) is 0 Å². The quantitative estimate of drug-likeness (QED) is 0.802. The summed E-state index contributed by atoms with van der Waals surface area (Å²) in [7, 11) is 0. The maximum absolute atomic E-state index is 10.8. The van der Waals surface area contributed by atoms with Gasteiger partial charge in [0.2, 0.25) is 0 Å². The molecule has 0 bridgehead atoms. The summed E-state index contributed by atoms with van der Waals surface area (Å²) in [5.41, 5.74) is 0.659. The van der Waals surface area contributed by atoms with Gasteiger partial charge in [0.05, 0.1) is 6.42 Å². The fourth-order valence-electron chi connectivity index (χ4n) is 2.97. The summed E-state index contributed by atoms with van der Waals surface area (Å²) in [6.07, 6.45) is 6.40. The molecule has 1 saturated heterocycles. The van der Waals surface area contributed by atoms with Gasteiger partial charge in [0.1, 0.15) is 0 Å². The van der Waals surface area contributed by atoms with Crippen LogP contribution in [0.25, 0.3) is 0 Å². The van der Waals surface area contributed by atoms with Crippen molar-refractivity contribution in [2.45, 2.75) is 52.4 Å². The SMILES string of the molecule is CCC1(C)CCN(CC2(CC(=O)O)CC2)CC1. The summed E-state index contributed by atoms with van der Waals surface area (Å²) in [6, 6.07) is 0. The Kier molecular flexibility index (Phi) is 3.48. The van der Waals surface area contributed by atoms with E-state index in [0.29, 0.717) is 11.8 Å². The molecular formula is C14H25NO2. The number of rotatable bonds is 5. The highest BCUT2D eigenvalue weighted by Crippen LogP contribution is 2.50. The number of hydrogen-bond acceptors (Lipinski definition) is 2. The molecule has 0 aromatic rings. The van der Waals surface area contributed by atoms with Crippen molar-refractivity contribution in [1.29, 1.82) is 0 Å². The predicted octanol–water partition coefficient (Wildman–Crippen LogP) is 2.75. The first kappa shape index (κ1) is 12.9. The van der Waals surface area contributed by atoms with E-state index in [4.69, 9.17) is 5.11 Å². The van der Waals surface area contributed by atoms with E-state index in [-0.39, 0.29) is 5.41 Å². The van der Waals surface area contributed by atoms with Crippen molar-refractivity contribution in [2.24, 2.45) is 10.8 Å². The van der Waals surface area contributed by atoms with E-state index in [1.165, 1.54) is 19.3 Å². The molecule has 2 rings (SSSR count). The molecule has 17 heavy (non-hydrogen) atoms. The lowest BCUT2D eigenvalue weighted by Gasteiger charge is -2.40. The van der Waals surface area contributed by atoms with Gasteiger partial charge in [0, 0.05) is 6.54 Å². The van der Waals surface area contributed by atoms with Gasteiger partial charge in [-0.3, -0.25) is 4.79 Å². The van der Waals surface area contributed by atoms with Gasteiger partial charge in [-0.2, -0.15) is 0 Å². The minimum atomic E-state index is -0.627. The maximum atomic E-state index is 10.8. The fraction of sp³-hybridized carbons (Fsp3) is 0.929. The van der Waals surface area contributed by atoms with Crippen LogP contribution in [0.3, 0.4) is 0 Å². The third-order valence-electron chi connectivity index (χ3n) is 4.96. The van der Waals surface area contributed by atoms with Crippen molar-refractivity contribution in [2.75, 3.05) is 19.6 Å². The van der Waals surface area contributed by atoms with Gasteiger partial charge in [-0.1, -0.05) is 20.3 Å². The minimum absolute atomic E-state index is 0.131. The van der Waals surface area contributed by atoms with Gasteiger partial charge >= 0.3 is 5.97 Å². The molecule has 1 heterocycles. The predicted molar refractivity (Wildman–Crippen MR) is 68.0 cm³/mol. The standard InChI is InChI=1S/C14H25NO2/c1-3-13(2)6-8-15(9-7-13)11-14(4-5-14)10-12(16)17/h3-11H2,1-2H3,(H,16,17). The second-order valence-corrected chi connectivity index (χ2v) is 6.51. The largest absolute Gasteiger partial charge is 0.481 e. The Morgan fingerprint density at radius 1 is 1.24 bits per heavy atom. The second-order valence-electron chi connectivity index (χ2n) is 6.51. The summed E-state index contributed by atoms with van der Waals surface area (Å²) in [5.74, 6) is -0.627. The van der Waals surface area contributed by atoms with Gasteiger partial charge in [-0.05, 0) is 49.6 Å². The molecule has 0 radical (unpaired) electrons. The number of carboxylic acids is 1. The third kappa shape index (κ3) is 3.21. The van der Waals surface area contributed by atoms with Gasteiger partial charge in [0.15, 0.2) is 0 Å². The van der Waals surface area contributed by atoms with Crippen LogP contribution in [0.5, 0.6) is 0 Å². The first-order chi connectivity index (χ1) is 7.97. The highest BCUT2D eigenvalue weighted by atomic mass is 16.4. The van der Waals surface area contributed by atoms with Crippen molar-refractivity contribution in [3.05, 3.63) is 0 Å². The van der Waals surface area contributed by atoms with Gasteiger partial charge < -0.3 is 10.0 Å². The zero-order valence-corrected chi connectivity index (χ0v) is 11.2. The lowest BCUT2D eigenvalue weighted by atomic mass is 9.78. The molecule has 1 aliphatic heterocycles. The number of carbonyl (C=O) groups is 1. The van der Waals surface area contributed by atoms with E-state index < -0.39 is 5.97 Å². The summed E-state index contributed by atoms with van der Waals surface area (Å²) in [5, 5.41) is 8.92. The molecular weight excluding hydrogens is 214 g/mol. The molecule has 3 heteroatoms. The van der Waals surface area contributed by atoms with E-state index in [9.17, 15) is 4.79 Å². The number of likely N-dealkylation sites (tertiary alicyclic amines) is 1. The van der Waals surface area contributed by atoms with Crippen LogP contribution >= 0.6 is 0 Å². The van der Waals surface area contributed by atoms with Gasteiger partial charge in [-0.15, -0.1) is 0 Å². The van der Waals surface area contributed by atoms with E-state index in [1.54, 1.807) is 0 Å².